The molecular formula is C16H16FNO4S. The van der Waals surface area contributed by atoms with E-state index in [1.54, 1.807) is 6.92 Å². The molecular weight excluding hydrogens is 321 g/mol. The van der Waals surface area contributed by atoms with Gasteiger partial charge in [-0.2, -0.15) is 0 Å². The molecule has 2 aromatic carbocycles. The van der Waals surface area contributed by atoms with Gasteiger partial charge >= 0.3 is 0 Å². The molecule has 0 spiro atoms. The number of amides is 1. The summed E-state index contributed by atoms with van der Waals surface area (Å²) >= 11 is 0. The van der Waals surface area contributed by atoms with Crippen molar-refractivity contribution in [3.05, 3.63) is 53.3 Å². The Balaban J connectivity index is 2.34. The zero-order chi connectivity index (χ0) is 17.2. The lowest BCUT2D eigenvalue weighted by Gasteiger charge is -2.10. The predicted molar refractivity (Wildman–Crippen MR) is 84.9 cm³/mol. The lowest BCUT2D eigenvalue weighted by atomic mass is 10.1. The maximum atomic E-state index is 13.5. The first-order chi connectivity index (χ1) is 10.7. The third-order valence-electron chi connectivity index (χ3n) is 3.39. The van der Waals surface area contributed by atoms with Gasteiger partial charge in [-0.15, -0.1) is 0 Å². The Labute approximate surface area is 133 Å². The Morgan fingerprint density at radius 1 is 1.22 bits per heavy atom. The first-order valence-corrected chi connectivity index (χ1v) is 8.53. The maximum absolute atomic E-state index is 13.5. The molecule has 0 fully saturated rings. The topological polar surface area (TPSA) is 83.5 Å². The highest BCUT2D eigenvalue weighted by Crippen LogP contribution is 2.27. The first-order valence-electron chi connectivity index (χ1n) is 6.88. The number of hydrogen-bond donors (Lipinski definition) is 2. The van der Waals surface area contributed by atoms with Gasteiger partial charge in [-0.05, 0) is 42.8 Å². The Kier molecular flexibility index (Phi) is 4.70. The summed E-state index contributed by atoms with van der Waals surface area (Å²) in [4.78, 5) is 12.1. The molecule has 1 amide bonds. The van der Waals surface area contributed by atoms with Crippen LogP contribution in [0.2, 0.25) is 0 Å². The molecule has 0 heterocycles. The number of aryl methyl sites for hydroxylation is 1. The summed E-state index contributed by atoms with van der Waals surface area (Å²) in [5, 5.41) is 12.2. The Morgan fingerprint density at radius 2 is 1.91 bits per heavy atom. The van der Waals surface area contributed by atoms with Crippen molar-refractivity contribution in [3.8, 4) is 5.75 Å². The van der Waals surface area contributed by atoms with Gasteiger partial charge in [-0.1, -0.05) is 13.0 Å². The van der Waals surface area contributed by atoms with E-state index < -0.39 is 21.6 Å². The van der Waals surface area contributed by atoms with E-state index in [0.717, 1.165) is 6.07 Å². The molecule has 0 aliphatic rings. The lowest BCUT2D eigenvalue weighted by molar-refractivity contribution is 0.102. The van der Waals surface area contributed by atoms with E-state index in [1.165, 1.54) is 37.3 Å². The largest absolute Gasteiger partial charge is 0.506 e. The van der Waals surface area contributed by atoms with Crippen LogP contribution in [0.15, 0.2) is 41.3 Å². The summed E-state index contributed by atoms with van der Waals surface area (Å²) in [5.74, 6) is -1.55. The van der Waals surface area contributed by atoms with E-state index in [0.29, 0.717) is 5.56 Å². The van der Waals surface area contributed by atoms with Gasteiger partial charge in [0.15, 0.2) is 9.84 Å². The number of carbonyl (C=O) groups excluding carboxylic acids is 1. The summed E-state index contributed by atoms with van der Waals surface area (Å²) in [7, 11) is -3.47. The fourth-order valence-electron chi connectivity index (χ4n) is 1.90. The van der Waals surface area contributed by atoms with Crippen LogP contribution >= 0.6 is 0 Å². The molecule has 0 unspecified atom stereocenters. The number of aromatic hydroxyl groups is 1. The molecule has 0 aliphatic carbocycles. The molecule has 0 radical (unpaired) electrons. The SMILES string of the molecule is CCS(=O)(=O)c1ccc(O)c(NC(=O)c2ccc(C)c(F)c2)c1. The van der Waals surface area contributed by atoms with Crippen LogP contribution in [0.5, 0.6) is 5.75 Å². The van der Waals surface area contributed by atoms with Gasteiger partial charge in [0.25, 0.3) is 5.91 Å². The average molecular weight is 337 g/mol. The number of hydrogen-bond acceptors (Lipinski definition) is 4. The molecule has 0 bridgehead atoms. The monoisotopic (exact) mass is 337 g/mol. The summed E-state index contributed by atoms with van der Waals surface area (Å²) in [6.07, 6.45) is 0. The number of nitrogens with one attached hydrogen (secondary N) is 1. The number of sulfone groups is 1. The fourth-order valence-corrected chi connectivity index (χ4v) is 2.81. The van der Waals surface area contributed by atoms with Gasteiger partial charge in [0, 0.05) is 5.56 Å². The van der Waals surface area contributed by atoms with Crippen molar-refractivity contribution >= 4 is 21.4 Å². The number of rotatable bonds is 4. The minimum atomic E-state index is -3.47. The maximum Gasteiger partial charge on any atom is 0.255 e. The second kappa shape index (κ2) is 6.37. The predicted octanol–water partition coefficient (Wildman–Crippen LogP) is 2.89. The number of benzene rings is 2. The molecule has 2 aromatic rings. The molecule has 7 heteroatoms. The Morgan fingerprint density at radius 3 is 2.52 bits per heavy atom. The van der Waals surface area contributed by atoms with E-state index >= 15 is 0 Å². The summed E-state index contributed by atoms with van der Waals surface area (Å²) in [6.45, 7) is 3.07. The smallest absolute Gasteiger partial charge is 0.255 e. The van der Waals surface area contributed by atoms with Crippen molar-refractivity contribution in [2.75, 3.05) is 11.1 Å². The molecule has 0 saturated carbocycles. The minimum absolute atomic E-state index is 0.0109. The van der Waals surface area contributed by atoms with Crippen molar-refractivity contribution in [2.45, 2.75) is 18.7 Å². The van der Waals surface area contributed by atoms with E-state index in [1.807, 2.05) is 0 Å². The van der Waals surface area contributed by atoms with Crippen LogP contribution in [0.25, 0.3) is 0 Å². The van der Waals surface area contributed by atoms with E-state index in [2.05, 4.69) is 5.32 Å². The highest BCUT2D eigenvalue weighted by Gasteiger charge is 2.16. The zero-order valence-electron chi connectivity index (χ0n) is 12.6. The molecule has 122 valence electrons. The highest BCUT2D eigenvalue weighted by molar-refractivity contribution is 7.91. The number of halogens is 1. The van der Waals surface area contributed by atoms with Crippen LogP contribution < -0.4 is 5.32 Å². The van der Waals surface area contributed by atoms with Gasteiger partial charge in [0.05, 0.1) is 16.3 Å². The van der Waals surface area contributed by atoms with Gasteiger partial charge in [-0.3, -0.25) is 4.79 Å². The van der Waals surface area contributed by atoms with Crippen LogP contribution in [0.3, 0.4) is 0 Å². The zero-order valence-corrected chi connectivity index (χ0v) is 13.4. The minimum Gasteiger partial charge on any atom is -0.506 e. The molecule has 5 nitrogen and oxygen atoms in total. The normalized spacial score (nSPS) is 11.3. The third-order valence-corrected chi connectivity index (χ3v) is 5.12. The number of phenols is 1. The standard InChI is InChI=1S/C16H16FNO4S/c1-3-23(21,22)12-6-7-15(19)14(9-12)18-16(20)11-5-4-10(2)13(17)8-11/h4-9,19H,3H2,1-2H3,(H,18,20). The van der Waals surface area contributed by atoms with Crippen molar-refractivity contribution in [1.29, 1.82) is 0 Å². The molecule has 2 N–H and O–H groups in total. The van der Waals surface area contributed by atoms with Gasteiger partial charge in [-0.25, -0.2) is 12.8 Å². The molecule has 23 heavy (non-hydrogen) atoms. The highest BCUT2D eigenvalue weighted by atomic mass is 32.2. The molecule has 0 aromatic heterocycles. The van der Waals surface area contributed by atoms with Crippen LogP contribution in [-0.2, 0) is 9.84 Å². The Hall–Kier alpha value is -2.41. The van der Waals surface area contributed by atoms with Crippen LogP contribution in [0, 0.1) is 12.7 Å². The Bertz CT molecular complexity index is 862. The molecule has 0 saturated heterocycles. The number of anilines is 1. The average Bonchev–Trinajstić information content (AvgIpc) is 2.51. The summed E-state index contributed by atoms with van der Waals surface area (Å²) in [5.41, 5.74) is 0.419. The van der Waals surface area contributed by atoms with Crippen molar-refractivity contribution in [3.63, 3.8) is 0 Å². The van der Waals surface area contributed by atoms with E-state index in [9.17, 15) is 22.7 Å². The van der Waals surface area contributed by atoms with Gasteiger partial charge in [0.1, 0.15) is 11.6 Å². The van der Waals surface area contributed by atoms with E-state index in [4.69, 9.17) is 0 Å². The lowest BCUT2D eigenvalue weighted by Crippen LogP contribution is -2.13. The molecule has 0 atom stereocenters. The second-order valence-electron chi connectivity index (χ2n) is 5.00. The molecule has 0 aliphatic heterocycles. The van der Waals surface area contributed by atoms with Crippen LogP contribution in [-0.4, -0.2) is 25.2 Å². The van der Waals surface area contributed by atoms with Crippen molar-refractivity contribution < 1.29 is 22.7 Å². The second-order valence-corrected chi connectivity index (χ2v) is 7.28. The van der Waals surface area contributed by atoms with Crippen molar-refractivity contribution in [1.82, 2.24) is 0 Å². The first kappa shape index (κ1) is 17.0. The van der Waals surface area contributed by atoms with Crippen LogP contribution in [0.4, 0.5) is 10.1 Å². The van der Waals surface area contributed by atoms with Gasteiger partial charge in [0.2, 0.25) is 0 Å². The third kappa shape index (κ3) is 3.68. The van der Waals surface area contributed by atoms with E-state index in [-0.39, 0.29) is 27.6 Å². The number of phenolic OH excluding ortho intramolecular Hbond substituents is 1. The summed E-state index contributed by atoms with van der Waals surface area (Å²) in [6, 6.07) is 7.60. The molecule has 2 rings (SSSR count). The van der Waals surface area contributed by atoms with Crippen molar-refractivity contribution in [2.24, 2.45) is 0 Å². The number of carbonyl (C=O) groups is 1. The quantitative estimate of drug-likeness (QED) is 0.840. The van der Waals surface area contributed by atoms with Crippen LogP contribution in [0.1, 0.15) is 22.8 Å². The van der Waals surface area contributed by atoms with Gasteiger partial charge < -0.3 is 10.4 Å². The summed E-state index contributed by atoms with van der Waals surface area (Å²) < 4.78 is 37.2. The fraction of sp³-hybridized carbons (Fsp3) is 0.188.